The zero-order valence-electron chi connectivity index (χ0n) is 20.6. The van der Waals surface area contributed by atoms with E-state index in [1.54, 1.807) is 18.2 Å². The van der Waals surface area contributed by atoms with Gasteiger partial charge in [-0.15, -0.1) is 5.06 Å². The van der Waals surface area contributed by atoms with Crippen LogP contribution in [0.15, 0.2) is 65.1 Å². The molecule has 1 aliphatic carbocycles. The van der Waals surface area contributed by atoms with Crippen LogP contribution in [-0.2, 0) is 14.4 Å². The van der Waals surface area contributed by atoms with Gasteiger partial charge in [-0.05, 0) is 35.9 Å². The second-order valence-electron chi connectivity index (χ2n) is 9.17. The lowest BCUT2D eigenvalue weighted by Crippen LogP contribution is -2.32. The molecule has 36 heavy (non-hydrogen) atoms. The maximum Gasteiger partial charge on any atom is 0.363 e. The highest BCUT2D eigenvalue weighted by atomic mass is 16.7. The van der Waals surface area contributed by atoms with Crippen molar-refractivity contribution >= 4 is 34.4 Å². The molecule has 0 radical (unpaired) electrons. The second-order valence-corrected chi connectivity index (χ2v) is 9.17. The summed E-state index contributed by atoms with van der Waals surface area (Å²) in [6.07, 6.45) is 0.0864. The quantitative estimate of drug-likeness (QED) is 0.250. The van der Waals surface area contributed by atoms with E-state index >= 15 is 0 Å². The molecule has 0 atom stereocenters. The van der Waals surface area contributed by atoms with Crippen LogP contribution in [0.5, 0.6) is 0 Å². The number of nitrogens with zero attached hydrogens (tertiary/aromatic N) is 3. The van der Waals surface area contributed by atoms with Gasteiger partial charge >= 0.3 is 5.97 Å². The Hall–Kier alpha value is -4.46. The summed E-state index contributed by atoms with van der Waals surface area (Å²) in [6.45, 7) is 0. The number of imide groups is 1. The SMILES string of the molecule is CN(C)c1ccc2c(-c3cccc(C(=O)ON4C(=O)CCC4=O)c3)c3ccc(=[N+](C)C)cc-3oc2c1. The molecule has 0 unspecified atom stereocenters. The monoisotopic (exact) mass is 484 g/mol. The van der Waals surface area contributed by atoms with Gasteiger partial charge in [0.05, 0.1) is 11.6 Å². The lowest BCUT2D eigenvalue weighted by atomic mass is 9.92. The molecule has 3 aliphatic rings. The van der Waals surface area contributed by atoms with Crippen LogP contribution in [-0.4, -0.2) is 51.0 Å². The first kappa shape index (κ1) is 23.3. The summed E-state index contributed by atoms with van der Waals surface area (Å²) < 4.78 is 8.36. The van der Waals surface area contributed by atoms with Gasteiger partial charge in [-0.2, -0.15) is 0 Å². The van der Waals surface area contributed by atoms with Crippen LogP contribution in [0.3, 0.4) is 0 Å². The molecule has 2 amide bonds. The van der Waals surface area contributed by atoms with Crippen LogP contribution in [0.1, 0.15) is 23.2 Å². The Kier molecular flexibility index (Phi) is 5.80. The third-order valence-electron chi connectivity index (χ3n) is 6.29. The fourth-order valence-electron chi connectivity index (χ4n) is 4.33. The number of carbonyl (C=O) groups is 3. The molecule has 2 aliphatic heterocycles. The molecule has 2 aromatic rings. The van der Waals surface area contributed by atoms with E-state index in [4.69, 9.17) is 9.25 Å². The summed E-state index contributed by atoms with van der Waals surface area (Å²) in [7, 11) is 7.88. The highest BCUT2D eigenvalue weighted by Gasteiger charge is 2.33. The molecular weight excluding hydrogens is 458 g/mol. The van der Waals surface area contributed by atoms with Gasteiger partial charge in [0.15, 0.2) is 0 Å². The minimum Gasteiger partial charge on any atom is -0.456 e. The standard InChI is InChI=1S/C28H26N3O5/c1-29(2)19-8-10-21-23(15-19)35-24-16-20(30(3)4)9-11-22(24)27(21)17-6-5-7-18(14-17)28(34)36-31-25(32)12-13-26(31)33/h5-11,14-16H,12-13H2,1-4H3/q+1. The number of carbonyl (C=O) groups excluding carboxylic acids is 3. The van der Waals surface area contributed by atoms with Crippen molar-refractivity contribution in [2.75, 3.05) is 33.1 Å². The fraction of sp³-hybridized carbons (Fsp3) is 0.214. The van der Waals surface area contributed by atoms with E-state index in [2.05, 4.69) is 0 Å². The molecule has 1 fully saturated rings. The zero-order valence-corrected chi connectivity index (χ0v) is 20.6. The van der Waals surface area contributed by atoms with Gasteiger partial charge in [0.1, 0.15) is 25.4 Å². The molecule has 0 aromatic heterocycles. The summed E-state index contributed by atoms with van der Waals surface area (Å²) in [5.74, 6) is -1.08. The Morgan fingerprint density at radius 3 is 2.42 bits per heavy atom. The molecule has 0 saturated carbocycles. The number of hydroxylamine groups is 2. The lowest BCUT2D eigenvalue weighted by molar-refractivity contribution is -0.172. The third-order valence-corrected chi connectivity index (χ3v) is 6.29. The van der Waals surface area contributed by atoms with Gasteiger partial charge in [0.2, 0.25) is 5.36 Å². The number of hydrogen-bond donors (Lipinski definition) is 0. The van der Waals surface area contributed by atoms with E-state index in [9.17, 15) is 14.4 Å². The first-order valence-corrected chi connectivity index (χ1v) is 11.6. The normalized spacial score (nSPS) is 13.5. The van der Waals surface area contributed by atoms with E-state index in [0.717, 1.165) is 33.1 Å². The van der Waals surface area contributed by atoms with Crippen LogP contribution in [0.2, 0.25) is 0 Å². The summed E-state index contributed by atoms with van der Waals surface area (Å²) in [4.78, 5) is 43.8. The Bertz CT molecular complexity index is 1560. The van der Waals surface area contributed by atoms with E-state index in [-0.39, 0.29) is 18.4 Å². The Morgan fingerprint density at radius 1 is 0.972 bits per heavy atom. The van der Waals surface area contributed by atoms with E-state index in [1.807, 2.05) is 80.1 Å². The smallest absolute Gasteiger partial charge is 0.363 e. The van der Waals surface area contributed by atoms with Crippen LogP contribution in [0.4, 0.5) is 5.69 Å². The molecule has 5 rings (SSSR count). The number of rotatable bonds is 4. The number of benzene rings is 3. The first-order chi connectivity index (χ1) is 17.2. The maximum absolute atomic E-state index is 12.8. The molecule has 8 nitrogen and oxygen atoms in total. The average molecular weight is 485 g/mol. The molecule has 0 N–H and O–H groups in total. The largest absolute Gasteiger partial charge is 0.456 e. The molecule has 8 heteroatoms. The Balaban J connectivity index is 1.68. The number of amides is 2. The number of hydrogen-bond acceptors (Lipinski definition) is 6. The Labute approximate surface area is 207 Å². The predicted octanol–water partition coefficient (Wildman–Crippen LogP) is 3.52. The van der Waals surface area contributed by atoms with Gasteiger partial charge in [-0.1, -0.05) is 12.1 Å². The van der Waals surface area contributed by atoms with Crippen LogP contribution in [0.25, 0.3) is 33.4 Å². The lowest BCUT2D eigenvalue weighted by Gasteiger charge is -2.18. The van der Waals surface area contributed by atoms with Crippen molar-refractivity contribution in [1.82, 2.24) is 9.64 Å². The minimum absolute atomic E-state index is 0.0432. The van der Waals surface area contributed by atoms with Crippen molar-refractivity contribution in [1.29, 1.82) is 0 Å². The van der Waals surface area contributed by atoms with Gasteiger partial charge < -0.3 is 14.2 Å². The Morgan fingerprint density at radius 2 is 1.72 bits per heavy atom. The fourth-order valence-corrected chi connectivity index (χ4v) is 4.33. The molecule has 2 heterocycles. The van der Waals surface area contributed by atoms with E-state index < -0.39 is 17.8 Å². The number of anilines is 1. The van der Waals surface area contributed by atoms with Gasteiger partial charge in [-0.25, -0.2) is 9.37 Å². The van der Waals surface area contributed by atoms with Crippen molar-refractivity contribution < 1.29 is 23.6 Å². The molecule has 0 bridgehead atoms. The summed E-state index contributed by atoms with van der Waals surface area (Å²) >= 11 is 0. The number of fused-ring (bicyclic) bond motifs is 2. The van der Waals surface area contributed by atoms with Gasteiger partial charge in [-0.3, -0.25) is 9.59 Å². The molecule has 1 saturated heterocycles. The van der Waals surface area contributed by atoms with Gasteiger partial charge in [0.25, 0.3) is 11.8 Å². The first-order valence-electron chi connectivity index (χ1n) is 11.6. The molecule has 2 aromatic carbocycles. The molecule has 182 valence electrons. The van der Waals surface area contributed by atoms with Crippen molar-refractivity contribution in [3.05, 3.63) is 71.6 Å². The van der Waals surface area contributed by atoms with Crippen molar-refractivity contribution in [3.8, 4) is 22.5 Å². The maximum atomic E-state index is 12.8. The van der Waals surface area contributed by atoms with Crippen molar-refractivity contribution in [2.24, 2.45) is 0 Å². The molecule has 0 spiro atoms. The van der Waals surface area contributed by atoms with Crippen LogP contribution >= 0.6 is 0 Å². The third kappa shape index (κ3) is 4.11. The minimum atomic E-state index is -0.764. The summed E-state index contributed by atoms with van der Waals surface area (Å²) in [5, 5.41) is 2.45. The highest BCUT2D eigenvalue weighted by Crippen LogP contribution is 2.41. The van der Waals surface area contributed by atoms with Crippen LogP contribution < -0.4 is 14.8 Å². The van der Waals surface area contributed by atoms with E-state index in [0.29, 0.717) is 16.4 Å². The second kappa shape index (κ2) is 8.96. The van der Waals surface area contributed by atoms with E-state index in [1.165, 1.54) is 0 Å². The van der Waals surface area contributed by atoms with Crippen molar-refractivity contribution in [2.45, 2.75) is 12.8 Å². The average Bonchev–Trinajstić information content (AvgIpc) is 3.18. The predicted molar refractivity (Wildman–Crippen MR) is 136 cm³/mol. The van der Waals surface area contributed by atoms with Crippen molar-refractivity contribution in [3.63, 3.8) is 0 Å². The van der Waals surface area contributed by atoms with Gasteiger partial charge in [0, 0.05) is 61.3 Å². The zero-order chi connectivity index (χ0) is 25.6. The summed E-state index contributed by atoms with van der Waals surface area (Å²) in [5.41, 5.74) is 4.52. The van der Waals surface area contributed by atoms with Crippen LogP contribution in [0, 0.1) is 0 Å². The molecular formula is C28H26N3O5+. The highest BCUT2D eigenvalue weighted by molar-refractivity contribution is 6.05. The summed E-state index contributed by atoms with van der Waals surface area (Å²) in [6, 6.07) is 19.0. The topological polar surface area (TPSA) is 83.1 Å².